The largest absolute Gasteiger partial charge is 0.491 e. The van der Waals surface area contributed by atoms with Crippen LogP contribution in [0.3, 0.4) is 0 Å². The fraction of sp³-hybridized carbons (Fsp3) is 0.289. The first kappa shape index (κ1) is 28.5. The van der Waals surface area contributed by atoms with Gasteiger partial charge in [-0.05, 0) is 78.4 Å². The van der Waals surface area contributed by atoms with Crippen molar-refractivity contribution in [3.05, 3.63) is 101 Å². The predicted octanol–water partition coefficient (Wildman–Crippen LogP) is 6.43. The lowest BCUT2D eigenvalue weighted by Gasteiger charge is -2.32. The first-order chi connectivity index (χ1) is 22.5. The van der Waals surface area contributed by atoms with Crippen LogP contribution in [0.1, 0.15) is 45.8 Å². The lowest BCUT2D eigenvalue weighted by molar-refractivity contribution is 0.0990. The van der Waals surface area contributed by atoms with Crippen LogP contribution in [0, 0.1) is 11.3 Å². The highest BCUT2D eigenvalue weighted by Gasteiger charge is 2.29. The summed E-state index contributed by atoms with van der Waals surface area (Å²) in [7, 11) is 2.18. The molecule has 8 heteroatoms. The van der Waals surface area contributed by atoms with E-state index in [9.17, 15) is 10.1 Å². The number of H-pyrrole nitrogens is 1. The van der Waals surface area contributed by atoms with Crippen molar-refractivity contribution in [2.24, 2.45) is 0 Å². The third kappa shape index (κ3) is 5.42. The molecule has 8 rings (SSSR count). The molecule has 0 spiro atoms. The van der Waals surface area contributed by atoms with Crippen molar-refractivity contribution in [3.8, 4) is 34.2 Å². The first-order valence-electron chi connectivity index (χ1n) is 16.1. The molecule has 3 aliphatic rings. The number of ether oxygens (including phenoxy) is 1. The Hall–Kier alpha value is -4.97. The molecule has 0 atom stereocenters. The molecule has 2 aliphatic heterocycles. The number of carbonyl (C=O) groups is 1. The third-order valence-electron chi connectivity index (χ3n) is 9.59. The second kappa shape index (κ2) is 11.8. The minimum atomic E-state index is -0.0765. The molecule has 0 radical (unpaired) electrons. The zero-order chi connectivity index (χ0) is 31.2. The normalized spacial score (nSPS) is 17.4. The summed E-state index contributed by atoms with van der Waals surface area (Å²) in [5.41, 5.74) is 8.78. The molecule has 8 nitrogen and oxygen atoms in total. The Morgan fingerprint density at radius 1 is 0.957 bits per heavy atom. The van der Waals surface area contributed by atoms with Crippen molar-refractivity contribution in [2.45, 2.75) is 25.3 Å². The molecular weight excluding hydrogens is 572 g/mol. The number of pyridine rings is 1. The number of amides is 1. The highest BCUT2D eigenvalue weighted by molar-refractivity contribution is 6.09. The van der Waals surface area contributed by atoms with Gasteiger partial charge >= 0.3 is 0 Å². The van der Waals surface area contributed by atoms with Gasteiger partial charge in [-0.15, -0.1) is 0 Å². The number of nitriles is 1. The number of nitrogens with one attached hydrogen (secondary N) is 1. The van der Waals surface area contributed by atoms with Crippen LogP contribution in [0.5, 0.6) is 5.75 Å². The summed E-state index contributed by atoms with van der Waals surface area (Å²) in [6.45, 7) is 6.19. The van der Waals surface area contributed by atoms with E-state index in [4.69, 9.17) is 4.74 Å². The van der Waals surface area contributed by atoms with Gasteiger partial charge < -0.3 is 19.5 Å². The molecule has 1 saturated heterocycles. The molecule has 2 fully saturated rings. The quantitative estimate of drug-likeness (QED) is 0.239. The van der Waals surface area contributed by atoms with Gasteiger partial charge in [0.1, 0.15) is 24.1 Å². The lowest BCUT2D eigenvalue weighted by atomic mass is 9.97. The summed E-state index contributed by atoms with van der Waals surface area (Å²) >= 11 is 0. The summed E-state index contributed by atoms with van der Waals surface area (Å²) < 4.78 is 6.07. The number of aromatic amines is 1. The summed E-state index contributed by atoms with van der Waals surface area (Å²) in [5, 5.41) is 11.0. The van der Waals surface area contributed by atoms with Gasteiger partial charge in [-0.2, -0.15) is 5.26 Å². The Kier molecular flexibility index (Phi) is 7.28. The molecule has 1 amide bonds. The lowest BCUT2D eigenvalue weighted by Crippen LogP contribution is -2.43. The summed E-state index contributed by atoms with van der Waals surface area (Å²) in [6.07, 6.45) is 4.03. The Balaban J connectivity index is 1.10. The Morgan fingerprint density at radius 2 is 1.78 bits per heavy atom. The zero-order valence-corrected chi connectivity index (χ0v) is 26.0. The molecule has 0 unspecified atom stereocenters. The van der Waals surface area contributed by atoms with Crippen LogP contribution < -0.4 is 9.64 Å². The van der Waals surface area contributed by atoms with Crippen molar-refractivity contribution < 1.29 is 9.53 Å². The zero-order valence-electron chi connectivity index (χ0n) is 26.0. The van der Waals surface area contributed by atoms with E-state index >= 15 is 0 Å². The predicted molar refractivity (Wildman–Crippen MR) is 180 cm³/mol. The number of piperazine rings is 1. The highest BCUT2D eigenvalue weighted by atomic mass is 16.5. The number of hydrogen-bond acceptors (Lipinski definition) is 6. The van der Waals surface area contributed by atoms with E-state index in [-0.39, 0.29) is 5.91 Å². The van der Waals surface area contributed by atoms with Crippen LogP contribution in [0.2, 0.25) is 0 Å². The Bertz CT molecular complexity index is 1980. The minimum absolute atomic E-state index is 0.0765. The van der Waals surface area contributed by atoms with Crippen molar-refractivity contribution >= 4 is 22.6 Å². The number of carbonyl (C=O) groups excluding carboxylic acids is 1. The SMILES string of the molecule is CN1CCN(Cc2ccc(-c3cc4c(-c5cccc(N6CCOc7cc(C8CC8)ccc7C6=O)c5)c(C#N)cnc4[nH]3)cc2)CC1. The maximum Gasteiger partial charge on any atom is 0.262 e. The number of nitrogens with zero attached hydrogens (tertiary/aromatic N) is 5. The van der Waals surface area contributed by atoms with Crippen LogP contribution in [-0.4, -0.2) is 72.1 Å². The monoisotopic (exact) mass is 608 g/mol. The smallest absolute Gasteiger partial charge is 0.262 e. The number of fused-ring (bicyclic) bond motifs is 2. The number of aromatic nitrogens is 2. The van der Waals surface area contributed by atoms with Crippen molar-refractivity contribution in [1.82, 2.24) is 19.8 Å². The van der Waals surface area contributed by atoms with E-state index in [0.717, 1.165) is 71.8 Å². The van der Waals surface area contributed by atoms with Gasteiger partial charge in [0.05, 0.1) is 17.7 Å². The van der Waals surface area contributed by atoms with E-state index < -0.39 is 0 Å². The highest BCUT2D eigenvalue weighted by Crippen LogP contribution is 2.42. The van der Waals surface area contributed by atoms with E-state index in [1.165, 1.54) is 24.0 Å². The first-order valence-corrected chi connectivity index (χ1v) is 16.1. The topological polar surface area (TPSA) is 88.5 Å². The fourth-order valence-electron chi connectivity index (χ4n) is 6.76. The second-order valence-electron chi connectivity index (χ2n) is 12.8. The van der Waals surface area contributed by atoms with Crippen LogP contribution in [0.15, 0.2) is 79.0 Å². The van der Waals surface area contributed by atoms with Gasteiger partial charge in [0.25, 0.3) is 5.91 Å². The molecule has 1 N–H and O–H groups in total. The van der Waals surface area contributed by atoms with Crippen LogP contribution >= 0.6 is 0 Å². The molecular formula is C38H36N6O2. The van der Waals surface area contributed by atoms with Gasteiger partial charge in [-0.25, -0.2) is 4.98 Å². The summed E-state index contributed by atoms with van der Waals surface area (Å²) in [4.78, 5) is 28.5. The van der Waals surface area contributed by atoms with Crippen LogP contribution in [0.25, 0.3) is 33.4 Å². The number of benzene rings is 3. The van der Waals surface area contributed by atoms with Gasteiger partial charge in [0, 0.05) is 61.3 Å². The van der Waals surface area contributed by atoms with E-state index in [2.05, 4.69) is 69.3 Å². The molecule has 0 bridgehead atoms. The maximum absolute atomic E-state index is 13.8. The maximum atomic E-state index is 13.8. The van der Waals surface area contributed by atoms with Gasteiger partial charge in [-0.3, -0.25) is 9.69 Å². The van der Waals surface area contributed by atoms with Crippen molar-refractivity contribution in [3.63, 3.8) is 0 Å². The van der Waals surface area contributed by atoms with Gasteiger partial charge in [0.2, 0.25) is 0 Å². The second-order valence-corrected chi connectivity index (χ2v) is 12.8. The van der Waals surface area contributed by atoms with E-state index in [0.29, 0.717) is 35.9 Å². The van der Waals surface area contributed by atoms with Crippen LogP contribution in [0.4, 0.5) is 5.69 Å². The molecule has 46 heavy (non-hydrogen) atoms. The number of hydrogen-bond donors (Lipinski definition) is 1. The fourth-order valence-corrected chi connectivity index (χ4v) is 6.76. The van der Waals surface area contributed by atoms with E-state index in [1.54, 1.807) is 11.1 Å². The van der Waals surface area contributed by atoms with Crippen molar-refractivity contribution in [1.29, 1.82) is 5.26 Å². The molecule has 4 heterocycles. The average Bonchev–Trinajstić information content (AvgIpc) is 3.87. The number of likely N-dealkylation sites (N-methyl/N-ethyl adjacent to an activating group) is 1. The molecule has 230 valence electrons. The average molecular weight is 609 g/mol. The third-order valence-corrected chi connectivity index (χ3v) is 9.59. The van der Waals surface area contributed by atoms with Crippen LogP contribution in [-0.2, 0) is 6.54 Å². The Morgan fingerprint density at radius 3 is 2.57 bits per heavy atom. The molecule has 5 aromatic rings. The van der Waals surface area contributed by atoms with Gasteiger partial charge in [-0.1, -0.05) is 42.5 Å². The summed E-state index contributed by atoms with van der Waals surface area (Å²) in [5.74, 6) is 1.18. The standard InChI is InChI=1S/C38H36N6O2/c1-42-13-15-43(16-14-42)24-25-5-7-27(8-6-25)34-21-33-36(30(22-39)23-40-37(33)41-34)29-3-2-4-31(19-29)44-17-18-46-35-20-28(26-9-10-26)11-12-32(35)38(44)45/h2-8,11-12,19-21,23,26H,9-10,13-18,24H2,1H3,(H,40,41). The van der Waals surface area contributed by atoms with Gasteiger partial charge in [0.15, 0.2) is 0 Å². The molecule has 2 aromatic heterocycles. The number of rotatable bonds is 6. The Labute approximate surface area is 268 Å². The summed E-state index contributed by atoms with van der Waals surface area (Å²) in [6, 6.07) is 27.0. The molecule has 1 aliphatic carbocycles. The minimum Gasteiger partial charge on any atom is -0.491 e. The van der Waals surface area contributed by atoms with Crippen molar-refractivity contribution in [2.75, 3.05) is 51.3 Å². The van der Waals surface area contributed by atoms with E-state index in [1.807, 2.05) is 36.4 Å². The number of anilines is 1. The molecule has 3 aromatic carbocycles. The molecule has 1 saturated carbocycles.